The topological polar surface area (TPSA) is 12.9 Å². The van der Waals surface area contributed by atoms with Crippen molar-refractivity contribution < 1.29 is 13.2 Å². The number of rotatable bonds is 6. The van der Waals surface area contributed by atoms with Gasteiger partial charge >= 0.3 is 6.18 Å². The predicted molar refractivity (Wildman–Crippen MR) is 67.6 cm³/mol. The number of thioether (sulfide) groups is 1. The highest BCUT2D eigenvalue weighted by atomic mass is 79.9. The fourth-order valence-electron chi connectivity index (χ4n) is 1.18. The minimum Gasteiger partial charge on any atom is -0.249 e. The fourth-order valence-corrected chi connectivity index (χ4v) is 2.43. The molecule has 0 spiro atoms. The maximum atomic E-state index is 12.3. The second kappa shape index (κ2) is 7.26. The van der Waals surface area contributed by atoms with Crippen molar-refractivity contribution in [2.45, 2.75) is 30.5 Å². The smallest absolute Gasteiger partial charge is 0.249 e. The molecule has 0 radical (unpaired) electrons. The first-order valence-electron chi connectivity index (χ1n) is 5.26. The minimum absolute atomic E-state index is 0.650. The van der Waals surface area contributed by atoms with Gasteiger partial charge in [0.15, 0.2) is 0 Å². The van der Waals surface area contributed by atoms with E-state index >= 15 is 0 Å². The van der Waals surface area contributed by atoms with Gasteiger partial charge < -0.3 is 0 Å². The molecule has 0 N–H and O–H groups in total. The van der Waals surface area contributed by atoms with Crippen LogP contribution < -0.4 is 0 Å². The van der Waals surface area contributed by atoms with Crippen LogP contribution in [0.1, 0.15) is 24.8 Å². The Hall–Kier alpha value is -0.230. The largest absolute Gasteiger partial charge is 0.417 e. The molecular formula is C11H13BrF3NS. The van der Waals surface area contributed by atoms with E-state index in [1.54, 1.807) is 0 Å². The lowest BCUT2D eigenvalue weighted by Gasteiger charge is -2.06. The molecule has 1 heterocycles. The summed E-state index contributed by atoms with van der Waals surface area (Å²) in [5, 5.41) is 1.65. The van der Waals surface area contributed by atoms with E-state index in [1.807, 2.05) is 0 Å². The summed E-state index contributed by atoms with van der Waals surface area (Å²) in [7, 11) is 0. The number of hydrogen-bond acceptors (Lipinski definition) is 2. The van der Waals surface area contributed by atoms with Crippen LogP contribution in [0.5, 0.6) is 0 Å². The lowest BCUT2D eigenvalue weighted by atomic mass is 10.3. The summed E-state index contributed by atoms with van der Waals surface area (Å²) in [5.74, 6) is 0.894. The standard InChI is InChI=1S/C11H13BrF3NS/c12-6-2-1-3-7-17-10-5-4-9(8-16-10)11(13,14)15/h4-5,8H,1-3,6-7H2. The Morgan fingerprint density at radius 3 is 2.47 bits per heavy atom. The van der Waals surface area contributed by atoms with Crippen LogP contribution in [0.3, 0.4) is 0 Å². The van der Waals surface area contributed by atoms with E-state index in [2.05, 4.69) is 20.9 Å². The van der Waals surface area contributed by atoms with E-state index in [1.165, 1.54) is 17.8 Å². The van der Waals surface area contributed by atoms with Gasteiger partial charge in [0, 0.05) is 11.5 Å². The van der Waals surface area contributed by atoms with Gasteiger partial charge in [-0.15, -0.1) is 11.8 Å². The van der Waals surface area contributed by atoms with Crippen molar-refractivity contribution in [1.82, 2.24) is 4.98 Å². The van der Waals surface area contributed by atoms with Crippen LogP contribution in [0.4, 0.5) is 13.2 Å². The molecule has 0 saturated carbocycles. The Kier molecular flexibility index (Phi) is 6.33. The molecule has 0 aliphatic carbocycles. The van der Waals surface area contributed by atoms with Crippen LogP contribution in [-0.2, 0) is 6.18 Å². The zero-order valence-electron chi connectivity index (χ0n) is 9.13. The van der Waals surface area contributed by atoms with Gasteiger partial charge in [-0.1, -0.05) is 22.4 Å². The molecule has 0 unspecified atom stereocenters. The van der Waals surface area contributed by atoms with E-state index in [4.69, 9.17) is 0 Å². The summed E-state index contributed by atoms with van der Waals surface area (Å²) < 4.78 is 36.8. The van der Waals surface area contributed by atoms with Gasteiger partial charge in [-0.2, -0.15) is 13.2 Å². The number of alkyl halides is 4. The van der Waals surface area contributed by atoms with Crippen LogP contribution >= 0.6 is 27.7 Å². The van der Waals surface area contributed by atoms with E-state index in [0.29, 0.717) is 5.03 Å². The van der Waals surface area contributed by atoms with Crippen LogP contribution in [0.25, 0.3) is 0 Å². The lowest BCUT2D eigenvalue weighted by Crippen LogP contribution is -2.05. The van der Waals surface area contributed by atoms with Crippen molar-refractivity contribution in [3.8, 4) is 0 Å². The molecular weight excluding hydrogens is 315 g/mol. The van der Waals surface area contributed by atoms with Crippen molar-refractivity contribution in [1.29, 1.82) is 0 Å². The number of aromatic nitrogens is 1. The molecule has 1 aromatic heterocycles. The first kappa shape index (κ1) is 14.8. The molecule has 6 heteroatoms. The molecule has 96 valence electrons. The molecule has 0 amide bonds. The summed E-state index contributed by atoms with van der Waals surface area (Å²) >= 11 is 4.84. The van der Waals surface area contributed by atoms with Gasteiger partial charge in [-0.25, -0.2) is 4.98 Å². The summed E-state index contributed by atoms with van der Waals surface area (Å²) in [6.07, 6.45) is -0.105. The first-order chi connectivity index (χ1) is 8.04. The molecule has 0 fully saturated rings. The van der Waals surface area contributed by atoms with Crippen LogP contribution in [0.15, 0.2) is 23.4 Å². The third kappa shape index (κ3) is 5.77. The number of hydrogen-bond donors (Lipinski definition) is 0. The van der Waals surface area contributed by atoms with Crippen molar-refractivity contribution in [3.63, 3.8) is 0 Å². The zero-order valence-corrected chi connectivity index (χ0v) is 11.5. The zero-order chi connectivity index (χ0) is 12.7. The molecule has 0 aromatic carbocycles. The average Bonchev–Trinajstić information content (AvgIpc) is 2.28. The summed E-state index contributed by atoms with van der Waals surface area (Å²) in [5.41, 5.74) is -0.693. The maximum absolute atomic E-state index is 12.3. The quantitative estimate of drug-likeness (QED) is 0.424. The molecule has 0 bridgehead atoms. The third-order valence-electron chi connectivity index (χ3n) is 2.09. The Morgan fingerprint density at radius 2 is 1.94 bits per heavy atom. The van der Waals surface area contributed by atoms with Gasteiger partial charge in [0.05, 0.1) is 10.6 Å². The first-order valence-corrected chi connectivity index (χ1v) is 7.37. The molecule has 1 rings (SSSR count). The van der Waals surface area contributed by atoms with Crippen molar-refractivity contribution >= 4 is 27.7 Å². The van der Waals surface area contributed by atoms with Crippen LogP contribution in [0, 0.1) is 0 Å². The summed E-state index contributed by atoms with van der Waals surface area (Å²) in [6.45, 7) is 0. The second-order valence-electron chi connectivity index (χ2n) is 3.48. The highest BCUT2D eigenvalue weighted by Crippen LogP contribution is 2.29. The lowest BCUT2D eigenvalue weighted by molar-refractivity contribution is -0.137. The maximum Gasteiger partial charge on any atom is 0.417 e. The molecule has 0 saturated heterocycles. The van der Waals surface area contributed by atoms with Crippen LogP contribution in [0.2, 0.25) is 0 Å². The average molecular weight is 328 g/mol. The van der Waals surface area contributed by atoms with Crippen LogP contribution in [-0.4, -0.2) is 16.1 Å². The Morgan fingerprint density at radius 1 is 1.18 bits per heavy atom. The SMILES string of the molecule is FC(F)(F)c1ccc(SCCCCCBr)nc1. The van der Waals surface area contributed by atoms with Gasteiger partial charge in [-0.3, -0.25) is 0 Å². The van der Waals surface area contributed by atoms with E-state index in [-0.39, 0.29) is 0 Å². The number of nitrogens with zero attached hydrogens (tertiary/aromatic N) is 1. The van der Waals surface area contributed by atoms with E-state index < -0.39 is 11.7 Å². The second-order valence-corrected chi connectivity index (χ2v) is 5.39. The normalized spacial score (nSPS) is 11.8. The molecule has 0 atom stereocenters. The van der Waals surface area contributed by atoms with Crippen molar-refractivity contribution in [2.24, 2.45) is 0 Å². The highest BCUT2D eigenvalue weighted by molar-refractivity contribution is 9.09. The Balaban J connectivity index is 2.36. The molecule has 17 heavy (non-hydrogen) atoms. The van der Waals surface area contributed by atoms with Gasteiger partial charge in [-0.05, 0) is 30.7 Å². The fraction of sp³-hybridized carbons (Fsp3) is 0.545. The molecule has 1 nitrogen and oxygen atoms in total. The molecule has 0 aliphatic heterocycles. The number of pyridine rings is 1. The highest BCUT2D eigenvalue weighted by Gasteiger charge is 2.30. The van der Waals surface area contributed by atoms with E-state index in [0.717, 1.165) is 42.6 Å². The minimum atomic E-state index is -4.30. The molecule has 0 aliphatic rings. The number of unbranched alkanes of at least 4 members (excludes halogenated alkanes) is 2. The monoisotopic (exact) mass is 327 g/mol. The van der Waals surface area contributed by atoms with Gasteiger partial charge in [0.25, 0.3) is 0 Å². The van der Waals surface area contributed by atoms with Gasteiger partial charge in [0.2, 0.25) is 0 Å². The predicted octanol–water partition coefficient (Wildman–Crippen LogP) is 4.76. The van der Waals surface area contributed by atoms with Gasteiger partial charge in [0.1, 0.15) is 0 Å². The Bertz CT molecular complexity index is 326. The molecule has 1 aromatic rings. The van der Waals surface area contributed by atoms with Crippen molar-refractivity contribution in [3.05, 3.63) is 23.9 Å². The van der Waals surface area contributed by atoms with E-state index in [9.17, 15) is 13.2 Å². The van der Waals surface area contributed by atoms with Crippen molar-refractivity contribution in [2.75, 3.05) is 11.1 Å². The third-order valence-corrected chi connectivity index (χ3v) is 3.68. The number of halogens is 4. The Labute approximate surface area is 111 Å². The summed E-state index contributed by atoms with van der Waals surface area (Å²) in [4.78, 5) is 3.80. The summed E-state index contributed by atoms with van der Waals surface area (Å²) in [6, 6.07) is 2.51.